The number of ether oxygens (including phenoxy) is 2. The summed E-state index contributed by atoms with van der Waals surface area (Å²) in [7, 11) is 0. The van der Waals surface area contributed by atoms with E-state index in [1.54, 1.807) is 65.8 Å². The summed E-state index contributed by atoms with van der Waals surface area (Å²) in [6, 6.07) is 15.2. The minimum Gasteiger partial charge on any atom is -0.444 e. The van der Waals surface area contributed by atoms with Gasteiger partial charge in [-0.25, -0.2) is 9.59 Å². The predicted octanol–water partition coefficient (Wildman–Crippen LogP) is 6.05. The first-order valence-corrected chi connectivity index (χ1v) is 13.0. The molecule has 12 nitrogen and oxygen atoms in total. The third kappa shape index (κ3) is 9.44. The van der Waals surface area contributed by atoms with Crippen molar-refractivity contribution >= 4 is 58.1 Å². The van der Waals surface area contributed by atoms with Gasteiger partial charge < -0.3 is 31.6 Å². The van der Waals surface area contributed by atoms with Crippen LogP contribution in [0.15, 0.2) is 60.7 Å². The number of benzene rings is 3. The molecule has 0 atom stereocenters. The molecule has 0 aliphatic carbocycles. The van der Waals surface area contributed by atoms with E-state index >= 15 is 0 Å². The van der Waals surface area contributed by atoms with E-state index in [0.717, 1.165) is 0 Å². The molecule has 0 bridgehead atoms. The Morgan fingerprint density at radius 3 is 1.17 bits per heavy atom. The number of carbonyl (C=O) groups excluding carboxylic acids is 4. The fourth-order valence-electron chi connectivity index (χ4n) is 3.54. The largest absolute Gasteiger partial charge is 0.444 e. The third-order valence-corrected chi connectivity index (χ3v) is 5.26. The number of hydrogen-bond acceptors (Lipinski definition) is 8. The summed E-state index contributed by atoms with van der Waals surface area (Å²) in [6.07, 6.45) is -1.41. The smallest absolute Gasteiger partial charge is 0.412 e. The molecular weight excluding hydrogens is 540 g/mol. The van der Waals surface area contributed by atoms with Crippen molar-refractivity contribution in [1.29, 1.82) is 0 Å². The molecule has 8 N–H and O–H groups in total. The van der Waals surface area contributed by atoms with Crippen molar-refractivity contribution in [2.75, 3.05) is 32.7 Å². The zero-order valence-corrected chi connectivity index (χ0v) is 24.4. The number of nitrogen functional groups attached to an aromatic ring is 2. The van der Waals surface area contributed by atoms with E-state index in [1.165, 1.54) is 36.4 Å². The molecule has 0 aromatic heterocycles. The summed E-state index contributed by atoms with van der Waals surface area (Å²) in [6.45, 7) is 10.4. The van der Waals surface area contributed by atoms with Crippen molar-refractivity contribution in [3.8, 4) is 0 Å². The highest BCUT2D eigenvalue weighted by atomic mass is 16.6. The summed E-state index contributed by atoms with van der Waals surface area (Å²) < 4.78 is 10.6. The lowest BCUT2D eigenvalue weighted by atomic mass is 10.1. The quantitative estimate of drug-likeness (QED) is 0.191. The molecule has 42 heavy (non-hydrogen) atoms. The molecule has 0 fully saturated rings. The van der Waals surface area contributed by atoms with Crippen LogP contribution in [-0.2, 0) is 9.47 Å². The number of nitrogens with two attached hydrogens (primary N) is 2. The molecular formula is C30H36N6O6. The van der Waals surface area contributed by atoms with E-state index in [0.29, 0.717) is 22.7 Å². The minimum absolute atomic E-state index is 0.256. The maximum atomic E-state index is 13.0. The van der Waals surface area contributed by atoms with Gasteiger partial charge >= 0.3 is 12.2 Å². The van der Waals surface area contributed by atoms with Crippen LogP contribution < -0.4 is 32.7 Å². The monoisotopic (exact) mass is 576 g/mol. The minimum atomic E-state index is -0.716. The van der Waals surface area contributed by atoms with Gasteiger partial charge in [0.2, 0.25) is 0 Å². The molecule has 0 radical (unpaired) electrons. The van der Waals surface area contributed by atoms with Gasteiger partial charge in [0.25, 0.3) is 11.8 Å². The number of rotatable bonds is 6. The summed E-state index contributed by atoms with van der Waals surface area (Å²) in [5, 5.41) is 10.6. The Morgan fingerprint density at radius 2 is 0.857 bits per heavy atom. The zero-order chi connectivity index (χ0) is 31.2. The number of hydrogen-bond donors (Lipinski definition) is 6. The first-order chi connectivity index (χ1) is 19.5. The van der Waals surface area contributed by atoms with Gasteiger partial charge in [0.15, 0.2) is 0 Å². The lowest BCUT2D eigenvalue weighted by Gasteiger charge is -2.21. The van der Waals surface area contributed by atoms with Gasteiger partial charge in [-0.15, -0.1) is 0 Å². The van der Waals surface area contributed by atoms with Crippen molar-refractivity contribution in [2.45, 2.75) is 52.7 Å². The van der Waals surface area contributed by atoms with Crippen LogP contribution in [0.3, 0.4) is 0 Å². The first-order valence-electron chi connectivity index (χ1n) is 13.0. The Labute approximate surface area is 244 Å². The van der Waals surface area contributed by atoms with Crippen LogP contribution in [0, 0.1) is 0 Å². The van der Waals surface area contributed by atoms with Crippen molar-refractivity contribution in [3.63, 3.8) is 0 Å². The van der Waals surface area contributed by atoms with E-state index < -0.39 is 35.2 Å². The summed E-state index contributed by atoms with van der Waals surface area (Å²) in [4.78, 5) is 50.5. The van der Waals surface area contributed by atoms with E-state index in [2.05, 4.69) is 21.3 Å². The predicted molar refractivity (Wildman–Crippen MR) is 164 cm³/mol. The molecule has 3 aromatic rings. The third-order valence-electron chi connectivity index (χ3n) is 5.26. The normalized spacial score (nSPS) is 11.2. The second-order valence-corrected chi connectivity index (χ2v) is 11.3. The lowest BCUT2D eigenvalue weighted by Crippen LogP contribution is -2.27. The van der Waals surface area contributed by atoms with Crippen molar-refractivity contribution in [2.24, 2.45) is 0 Å². The van der Waals surface area contributed by atoms with Crippen molar-refractivity contribution in [1.82, 2.24) is 0 Å². The van der Waals surface area contributed by atoms with Crippen LogP contribution in [0.4, 0.5) is 43.7 Å². The second-order valence-electron chi connectivity index (χ2n) is 11.3. The summed E-state index contributed by atoms with van der Waals surface area (Å²) >= 11 is 0. The number of amides is 4. The Morgan fingerprint density at radius 1 is 0.524 bits per heavy atom. The topological polar surface area (TPSA) is 187 Å². The van der Waals surface area contributed by atoms with Crippen LogP contribution in [0.25, 0.3) is 0 Å². The molecule has 222 valence electrons. The van der Waals surface area contributed by atoms with Crippen LogP contribution in [0.1, 0.15) is 62.3 Å². The van der Waals surface area contributed by atoms with Crippen LogP contribution >= 0.6 is 0 Å². The molecule has 3 aromatic carbocycles. The molecule has 0 aliphatic heterocycles. The number of nitrogens with one attached hydrogen (secondary N) is 4. The number of anilines is 6. The van der Waals surface area contributed by atoms with Crippen LogP contribution in [-0.4, -0.2) is 35.2 Å². The SMILES string of the molecule is CC(C)(C)OC(=O)Nc1cc(N)ccc1NC(=O)c1ccc(C(=O)Nc2ccc(N)cc2NC(=O)OC(C)(C)C)cc1. The highest BCUT2D eigenvalue weighted by Gasteiger charge is 2.20. The molecule has 0 saturated carbocycles. The summed E-state index contributed by atoms with van der Waals surface area (Å²) in [5.41, 5.74) is 12.7. The fraction of sp³-hybridized carbons (Fsp3) is 0.267. The Bertz CT molecular complexity index is 1380. The van der Waals surface area contributed by atoms with Gasteiger partial charge in [-0.1, -0.05) is 0 Å². The van der Waals surface area contributed by atoms with E-state index in [-0.39, 0.29) is 22.5 Å². The van der Waals surface area contributed by atoms with Gasteiger partial charge in [-0.3, -0.25) is 20.2 Å². The molecule has 12 heteroatoms. The lowest BCUT2D eigenvalue weighted by molar-refractivity contribution is 0.0624. The van der Waals surface area contributed by atoms with Gasteiger partial charge in [-0.2, -0.15) is 0 Å². The van der Waals surface area contributed by atoms with Gasteiger partial charge in [0.05, 0.1) is 22.7 Å². The second kappa shape index (κ2) is 12.5. The molecule has 0 saturated heterocycles. The van der Waals surface area contributed by atoms with Crippen LogP contribution in [0.2, 0.25) is 0 Å². The zero-order valence-electron chi connectivity index (χ0n) is 24.4. The summed E-state index contributed by atoms with van der Waals surface area (Å²) in [5.74, 6) is -0.970. The van der Waals surface area contributed by atoms with Crippen LogP contribution in [0.5, 0.6) is 0 Å². The average molecular weight is 577 g/mol. The van der Waals surface area contributed by atoms with Gasteiger partial charge in [0.1, 0.15) is 11.2 Å². The molecule has 4 amide bonds. The first kappa shape index (κ1) is 31.3. The number of carbonyl (C=O) groups is 4. The van der Waals surface area contributed by atoms with E-state index in [4.69, 9.17) is 20.9 Å². The maximum absolute atomic E-state index is 13.0. The molecule has 0 spiro atoms. The Balaban J connectivity index is 1.71. The average Bonchev–Trinajstić information content (AvgIpc) is 2.85. The molecule has 0 heterocycles. The Kier molecular flexibility index (Phi) is 9.31. The van der Waals surface area contributed by atoms with Gasteiger partial charge in [0, 0.05) is 22.5 Å². The highest BCUT2D eigenvalue weighted by Crippen LogP contribution is 2.27. The highest BCUT2D eigenvalue weighted by molar-refractivity contribution is 6.10. The molecule has 0 unspecified atom stereocenters. The van der Waals surface area contributed by atoms with Crippen molar-refractivity contribution in [3.05, 3.63) is 71.8 Å². The van der Waals surface area contributed by atoms with Gasteiger partial charge in [-0.05, 0) is 102 Å². The van der Waals surface area contributed by atoms with E-state index in [9.17, 15) is 19.2 Å². The Hall–Kier alpha value is -5.26. The maximum Gasteiger partial charge on any atom is 0.412 e. The van der Waals surface area contributed by atoms with E-state index in [1.807, 2.05) is 0 Å². The molecule has 0 aliphatic rings. The fourth-order valence-corrected chi connectivity index (χ4v) is 3.54. The van der Waals surface area contributed by atoms with Crippen molar-refractivity contribution < 1.29 is 28.7 Å². The standard InChI is InChI=1S/C30H36N6O6/c1-29(2,3)41-27(39)35-23-15-19(31)11-13-21(23)33-25(37)17-7-9-18(10-8-17)26(38)34-22-14-12-20(32)16-24(22)36-28(40)42-30(4,5)6/h7-16H,31-32H2,1-6H3,(H,33,37)(H,34,38)(H,35,39)(H,36,40). The molecule has 3 rings (SSSR count).